The molecule has 0 aromatic heterocycles. The van der Waals surface area contributed by atoms with Gasteiger partial charge >= 0.3 is 5.97 Å². The predicted octanol–water partition coefficient (Wildman–Crippen LogP) is 1.42. The first-order chi connectivity index (χ1) is 7.07. The number of benzene rings is 1. The van der Waals surface area contributed by atoms with E-state index < -0.39 is 23.2 Å². The molecule has 1 aromatic rings. The van der Waals surface area contributed by atoms with Crippen LogP contribution in [0.4, 0.5) is 8.78 Å². The maximum Gasteiger partial charge on any atom is 0.338 e. The molecule has 0 spiro atoms. The summed E-state index contributed by atoms with van der Waals surface area (Å²) in [6.07, 6.45) is 0.319. The molecule has 5 heteroatoms. The van der Waals surface area contributed by atoms with Gasteiger partial charge in [-0.25, -0.2) is 13.6 Å². The minimum atomic E-state index is -1.47. The Morgan fingerprint density at radius 2 is 2.07 bits per heavy atom. The first-order valence-electron chi connectivity index (χ1n) is 4.42. The van der Waals surface area contributed by atoms with Crippen LogP contribution >= 0.6 is 0 Å². The average Bonchev–Trinajstić information content (AvgIpc) is 2.20. The fourth-order valence-corrected chi connectivity index (χ4v) is 1.21. The molecule has 2 N–H and O–H groups in total. The Balaban J connectivity index is 3.04. The smallest absolute Gasteiger partial charge is 0.338 e. The van der Waals surface area contributed by atoms with Crippen LogP contribution in [0.25, 0.3) is 0 Å². The van der Waals surface area contributed by atoms with Gasteiger partial charge in [-0.05, 0) is 31.6 Å². The number of nitrogens with one attached hydrogen (secondary N) is 1. The lowest BCUT2D eigenvalue weighted by Crippen LogP contribution is -2.13. The Kier molecular flexibility index (Phi) is 3.74. The zero-order valence-electron chi connectivity index (χ0n) is 8.18. The molecule has 0 radical (unpaired) electrons. The first kappa shape index (κ1) is 11.6. The predicted molar refractivity (Wildman–Crippen MR) is 50.9 cm³/mol. The third-order valence-corrected chi connectivity index (χ3v) is 2.04. The monoisotopic (exact) mass is 215 g/mol. The van der Waals surface area contributed by atoms with E-state index in [1.54, 1.807) is 7.05 Å². The molecule has 1 aromatic carbocycles. The summed E-state index contributed by atoms with van der Waals surface area (Å²) in [5, 5.41) is 11.3. The van der Waals surface area contributed by atoms with Crippen molar-refractivity contribution in [3.63, 3.8) is 0 Å². The van der Waals surface area contributed by atoms with Crippen LogP contribution in [0.3, 0.4) is 0 Å². The second-order valence-electron chi connectivity index (χ2n) is 3.06. The first-order valence-corrected chi connectivity index (χ1v) is 4.42. The van der Waals surface area contributed by atoms with Crippen molar-refractivity contribution in [2.75, 3.05) is 13.6 Å². The summed E-state index contributed by atoms with van der Waals surface area (Å²) in [5.41, 5.74) is -0.465. The molecule has 0 aliphatic carbocycles. The zero-order valence-corrected chi connectivity index (χ0v) is 8.18. The Labute approximate surface area is 85.7 Å². The third kappa shape index (κ3) is 2.50. The van der Waals surface area contributed by atoms with Gasteiger partial charge < -0.3 is 10.4 Å². The Morgan fingerprint density at radius 1 is 1.40 bits per heavy atom. The van der Waals surface area contributed by atoms with Gasteiger partial charge in [0.1, 0.15) is 0 Å². The zero-order chi connectivity index (χ0) is 11.4. The number of hydrogen-bond acceptors (Lipinski definition) is 2. The number of carboxylic acid groups (broad SMARTS) is 1. The maximum atomic E-state index is 13.3. The number of carbonyl (C=O) groups is 1. The van der Waals surface area contributed by atoms with E-state index in [1.165, 1.54) is 6.07 Å². The minimum absolute atomic E-state index is 0.173. The lowest BCUT2D eigenvalue weighted by atomic mass is 10.1. The molecule has 0 amide bonds. The van der Waals surface area contributed by atoms with Crippen LogP contribution in [0.5, 0.6) is 0 Å². The lowest BCUT2D eigenvalue weighted by molar-refractivity contribution is 0.0690. The summed E-state index contributed by atoms with van der Waals surface area (Å²) in [6.45, 7) is 0.503. The van der Waals surface area contributed by atoms with E-state index in [1.807, 2.05) is 0 Å². The fourth-order valence-electron chi connectivity index (χ4n) is 1.21. The van der Waals surface area contributed by atoms with Gasteiger partial charge in [-0.15, -0.1) is 0 Å². The highest BCUT2D eigenvalue weighted by Gasteiger charge is 2.17. The van der Waals surface area contributed by atoms with Crippen molar-refractivity contribution in [2.24, 2.45) is 0 Å². The topological polar surface area (TPSA) is 49.3 Å². The van der Waals surface area contributed by atoms with Crippen molar-refractivity contribution >= 4 is 5.97 Å². The lowest BCUT2D eigenvalue weighted by Gasteiger charge is -2.05. The molecule has 0 heterocycles. The van der Waals surface area contributed by atoms with Crippen LogP contribution in [0.2, 0.25) is 0 Å². The minimum Gasteiger partial charge on any atom is -0.478 e. The molecule has 82 valence electrons. The fraction of sp³-hybridized carbons (Fsp3) is 0.300. The van der Waals surface area contributed by atoms with Crippen LogP contribution in [0, 0.1) is 11.6 Å². The summed E-state index contributed by atoms with van der Waals surface area (Å²) >= 11 is 0. The Hall–Kier alpha value is -1.49. The van der Waals surface area contributed by atoms with E-state index in [0.29, 0.717) is 13.0 Å². The Morgan fingerprint density at radius 3 is 2.60 bits per heavy atom. The van der Waals surface area contributed by atoms with Crippen LogP contribution < -0.4 is 5.32 Å². The van der Waals surface area contributed by atoms with Gasteiger partial charge in [0.05, 0.1) is 5.56 Å². The van der Waals surface area contributed by atoms with Crippen molar-refractivity contribution in [1.82, 2.24) is 5.32 Å². The highest BCUT2D eigenvalue weighted by molar-refractivity contribution is 5.88. The summed E-state index contributed by atoms with van der Waals surface area (Å²) < 4.78 is 26.4. The maximum absolute atomic E-state index is 13.3. The van der Waals surface area contributed by atoms with Crippen molar-refractivity contribution in [1.29, 1.82) is 0 Å². The molecule has 0 unspecified atom stereocenters. The molecule has 0 atom stereocenters. The van der Waals surface area contributed by atoms with Gasteiger partial charge in [0.25, 0.3) is 0 Å². The summed E-state index contributed by atoms with van der Waals surface area (Å²) in [4.78, 5) is 10.5. The molecule has 3 nitrogen and oxygen atoms in total. The van der Waals surface area contributed by atoms with Gasteiger partial charge in [0, 0.05) is 0 Å². The van der Waals surface area contributed by atoms with Gasteiger partial charge in [0.15, 0.2) is 11.6 Å². The van der Waals surface area contributed by atoms with Gasteiger partial charge in [-0.2, -0.15) is 0 Å². The number of likely N-dealkylation sites (N-methyl/N-ethyl adjacent to an activating group) is 1. The van der Waals surface area contributed by atoms with E-state index in [2.05, 4.69) is 5.32 Å². The molecule has 0 fully saturated rings. The van der Waals surface area contributed by atoms with Gasteiger partial charge in [-0.1, -0.05) is 6.07 Å². The average molecular weight is 215 g/mol. The molecule has 15 heavy (non-hydrogen) atoms. The highest BCUT2D eigenvalue weighted by Crippen LogP contribution is 2.16. The second-order valence-corrected chi connectivity index (χ2v) is 3.06. The van der Waals surface area contributed by atoms with E-state index in [0.717, 1.165) is 6.07 Å². The normalized spacial score (nSPS) is 10.3. The third-order valence-electron chi connectivity index (χ3n) is 2.04. The summed E-state index contributed by atoms with van der Waals surface area (Å²) in [7, 11) is 1.69. The number of carboxylic acids is 1. The quantitative estimate of drug-likeness (QED) is 0.798. The molecule has 0 saturated carbocycles. The second kappa shape index (κ2) is 4.84. The standard InChI is InChI=1S/C10H11F2NO2/c1-13-5-4-6-2-3-7(10(14)15)9(12)8(6)11/h2-3,13H,4-5H2,1H3,(H,14,15). The Bertz CT molecular complexity index is 380. The van der Waals surface area contributed by atoms with E-state index in [4.69, 9.17) is 5.11 Å². The molecule has 0 bridgehead atoms. The van der Waals surface area contributed by atoms with Crippen LogP contribution in [0.1, 0.15) is 15.9 Å². The van der Waals surface area contributed by atoms with Crippen molar-refractivity contribution < 1.29 is 18.7 Å². The van der Waals surface area contributed by atoms with E-state index in [9.17, 15) is 13.6 Å². The van der Waals surface area contributed by atoms with Gasteiger partial charge in [-0.3, -0.25) is 0 Å². The number of aromatic carboxylic acids is 1. The van der Waals surface area contributed by atoms with Crippen LogP contribution in [-0.2, 0) is 6.42 Å². The number of rotatable bonds is 4. The number of halogens is 2. The molecule has 1 rings (SSSR count). The summed E-state index contributed by atoms with van der Waals surface area (Å²) in [5.74, 6) is -3.84. The van der Waals surface area contributed by atoms with Gasteiger partial charge in [0.2, 0.25) is 0 Å². The van der Waals surface area contributed by atoms with Crippen LogP contribution in [-0.4, -0.2) is 24.7 Å². The largest absolute Gasteiger partial charge is 0.478 e. The number of hydrogen-bond donors (Lipinski definition) is 2. The molecule has 0 aliphatic rings. The van der Waals surface area contributed by atoms with E-state index >= 15 is 0 Å². The van der Waals surface area contributed by atoms with Crippen molar-refractivity contribution in [2.45, 2.75) is 6.42 Å². The highest BCUT2D eigenvalue weighted by atomic mass is 19.2. The van der Waals surface area contributed by atoms with Crippen LogP contribution in [0.15, 0.2) is 12.1 Å². The summed E-state index contributed by atoms with van der Waals surface area (Å²) in [6, 6.07) is 2.37. The molecule has 0 aliphatic heterocycles. The SMILES string of the molecule is CNCCc1ccc(C(=O)O)c(F)c1F. The van der Waals surface area contributed by atoms with Crippen molar-refractivity contribution in [3.8, 4) is 0 Å². The van der Waals surface area contributed by atoms with Crippen molar-refractivity contribution in [3.05, 3.63) is 34.9 Å². The van der Waals surface area contributed by atoms with E-state index in [-0.39, 0.29) is 5.56 Å². The molecule has 0 saturated heterocycles. The molecular formula is C10H11F2NO2. The molecular weight excluding hydrogens is 204 g/mol.